The molecule has 11 heteroatoms. The molecule has 1 aromatic rings. The number of β-lactam (4-membered cyclic amide) rings is 1. The monoisotopic (exact) mass is 361 g/mol. The molecular weight excluding hydrogens is 353 g/mol. The van der Waals surface area contributed by atoms with Crippen molar-refractivity contribution in [2.24, 2.45) is 0 Å². The number of amides is 1. The number of carboxylic acid groups (broad SMARTS) is 1. The van der Waals surface area contributed by atoms with Gasteiger partial charge in [0.2, 0.25) is 16.5 Å². The molecule has 22 heavy (non-hydrogen) atoms. The molecule has 0 aliphatic carbocycles. The van der Waals surface area contributed by atoms with Crippen LogP contribution in [0.15, 0.2) is 11.3 Å². The molecule has 1 saturated heterocycles. The molecule has 1 fully saturated rings. The Bertz CT molecular complexity index is 693. The number of carbonyl (C=O) groups excluding carboxylic acids is 1. The third-order valence-electron chi connectivity index (χ3n) is 3.23. The van der Waals surface area contributed by atoms with E-state index in [1.807, 2.05) is 0 Å². The van der Waals surface area contributed by atoms with Crippen molar-refractivity contribution >= 4 is 52.8 Å². The smallest absolute Gasteiger partial charge is 0.352 e. The van der Waals surface area contributed by atoms with Crippen molar-refractivity contribution in [1.29, 1.82) is 0 Å². The molecule has 2 N–H and O–H groups in total. The Balaban J connectivity index is 1.82. The van der Waals surface area contributed by atoms with Crippen LogP contribution in [0.5, 0.6) is 0 Å². The molecule has 0 radical (unpaired) electrons. The molecule has 2 aliphatic heterocycles. The van der Waals surface area contributed by atoms with Crippen molar-refractivity contribution in [1.82, 2.24) is 19.9 Å². The summed E-state index contributed by atoms with van der Waals surface area (Å²) in [4.78, 5) is 36.1. The van der Waals surface area contributed by atoms with E-state index in [-0.39, 0.29) is 33.5 Å². The van der Waals surface area contributed by atoms with Gasteiger partial charge in [-0.1, -0.05) is 0 Å². The number of rotatable bonds is 3. The maximum absolute atomic E-state index is 12.2. The molecule has 0 bridgehead atoms. The van der Waals surface area contributed by atoms with Crippen LogP contribution in [0, 0.1) is 0 Å². The molecule has 8 nitrogen and oxygen atoms in total. The fraction of sp³-hybridized carbons (Fsp3) is 0.364. The number of nitrogens with one attached hydrogen (secondary N) is 1. The molecule has 1 amide bonds. The maximum atomic E-state index is 12.2. The van der Waals surface area contributed by atoms with Crippen molar-refractivity contribution in [3.63, 3.8) is 0 Å². The van der Waals surface area contributed by atoms with Crippen LogP contribution in [-0.4, -0.2) is 54.0 Å². The lowest BCUT2D eigenvalue weighted by Gasteiger charge is -2.49. The van der Waals surface area contributed by atoms with E-state index in [0.29, 0.717) is 11.3 Å². The largest absolute Gasteiger partial charge is 0.477 e. The highest BCUT2D eigenvalue weighted by molar-refractivity contribution is 8.00. The van der Waals surface area contributed by atoms with Crippen LogP contribution >= 0.6 is 35.0 Å². The zero-order chi connectivity index (χ0) is 16.0. The van der Waals surface area contributed by atoms with Crippen molar-refractivity contribution in [3.05, 3.63) is 21.8 Å². The topological polar surface area (TPSA) is 108 Å². The van der Waals surface area contributed by atoms with Crippen LogP contribution in [0.3, 0.4) is 0 Å². The van der Waals surface area contributed by atoms with Crippen LogP contribution in [-0.2, 0) is 9.59 Å². The zero-order valence-corrected chi connectivity index (χ0v) is 13.4. The second-order valence-electron chi connectivity index (χ2n) is 4.66. The first-order chi connectivity index (χ1) is 10.4. The van der Waals surface area contributed by atoms with Gasteiger partial charge in [-0.05, 0) is 35.7 Å². The summed E-state index contributed by atoms with van der Waals surface area (Å²) in [5, 5.41) is 11.5. The normalized spacial score (nSPS) is 24.0. The summed E-state index contributed by atoms with van der Waals surface area (Å²) in [5.41, 5.74) is 0.699. The first kappa shape index (κ1) is 15.3. The summed E-state index contributed by atoms with van der Waals surface area (Å²) in [5.74, 6) is -0.860. The van der Waals surface area contributed by atoms with Gasteiger partial charge in [0.05, 0.1) is 0 Å². The second kappa shape index (κ2) is 5.56. The van der Waals surface area contributed by atoms with Crippen LogP contribution in [0.4, 0.5) is 5.95 Å². The van der Waals surface area contributed by atoms with Crippen molar-refractivity contribution in [2.45, 2.75) is 18.3 Å². The number of anilines is 1. The van der Waals surface area contributed by atoms with Crippen LogP contribution in [0.2, 0.25) is 10.6 Å². The van der Waals surface area contributed by atoms with Gasteiger partial charge in [-0.25, -0.2) is 4.79 Å². The Labute approximate surface area is 138 Å². The lowest BCUT2D eigenvalue weighted by atomic mass is 10.0. The predicted molar refractivity (Wildman–Crippen MR) is 80.7 cm³/mol. The van der Waals surface area contributed by atoms with E-state index >= 15 is 0 Å². The van der Waals surface area contributed by atoms with E-state index in [2.05, 4.69) is 20.3 Å². The van der Waals surface area contributed by atoms with E-state index < -0.39 is 12.0 Å². The molecule has 3 heterocycles. The van der Waals surface area contributed by atoms with E-state index in [9.17, 15) is 14.7 Å². The third-order valence-corrected chi connectivity index (χ3v) is 4.99. The Kier molecular flexibility index (Phi) is 3.87. The number of carboxylic acids is 1. The van der Waals surface area contributed by atoms with E-state index in [4.69, 9.17) is 23.2 Å². The minimum Gasteiger partial charge on any atom is -0.477 e. The Morgan fingerprint density at radius 3 is 2.59 bits per heavy atom. The quantitative estimate of drug-likeness (QED) is 0.773. The molecule has 1 aromatic heterocycles. The average Bonchev–Trinajstić information content (AvgIpc) is 2.43. The van der Waals surface area contributed by atoms with Gasteiger partial charge in [0.25, 0.3) is 5.91 Å². The second-order valence-corrected chi connectivity index (χ2v) is 6.44. The zero-order valence-electron chi connectivity index (χ0n) is 11.1. The van der Waals surface area contributed by atoms with Gasteiger partial charge in [0, 0.05) is 5.75 Å². The number of thioether (sulfide) groups is 1. The van der Waals surface area contributed by atoms with E-state index in [1.165, 1.54) is 16.7 Å². The summed E-state index contributed by atoms with van der Waals surface area (Å²) < 4.78 is 0. The fourth-order valence-corrected chi connectivity index (χ4v) is 3.96. The lowest BCUT2D eigenvalue weighted by molar-refractivity contribution is -0.147. The van der Waals surface area contributed by atoms with Gasteiger partial charge in [0.15, 0.2) is 0 Å². The van der Waals surface area contributed by atoms with Crippen molar-refractivity contribution in [2.75, 3.05) is 11.1 Å². The van der Waals surface area contributed by atoms with Crippen LogP contribution in [0.25, 0.3) is 0 Å². The number of hydrogen-bond acceptors (Lipinski definition) is 7. The lowest BCUT2D eigenvalue weighted by Crippen LogP contribution is -2.67. The summed E-state index contributed by atoms with van der Waals surface area (Å²) in [6.07, 6.45) is 0. The first-order valence-corrected chi connectivity index (χ1v) is 7.90. The van der Waals surface area contributed by atoms with Gasteiger partial charge in [-0.2, -0.15) is 15.0 Å². The number of aromatic nitrogens is 3. The Hall–Kier alpha value is -1.58. The molecule has 0 spiro atoms. The van der Waals surface area contributed by atoms with E-state index in [0.717, 1.165) is 0 Å². The Morgan fingerprint density at radius 2 is 2.00 bits per heavy atom. The molecule has 116 valence electrons. The number of aliphatic carboxylic acids is 1. The number of nitrogens with zero attached hydrogens (tertiary/aromatic N) is 4. The number of halogens is 2. The summed E-state index contributed by atoms with van der Waals surface area (Å²) >= 11 is 12.8. The molecule has 2 unspecified atom stereocenters. The standard InChI is InChI=1S/C11H9Cl2N5O3S/c1-3-2-22-7-4(6(19)18(7)5(3)8(20)21)14-11-16-9(12)15-10(13)17-11/h4,7H,2H2,1H3,(H,20,21)(H,14,15,16,17). The molecule has 2 aliphatic rings. The minimum absolute atomic E-state index is 0.0403. The van der Waals surface area contributed by atoms with Gasteiger partial charge in [-0.15, -0.1) is 11.8 Å². The molecule has 2 atom stereocenters. The van der Waals surface area contributed by atoms with Gasteiger partial charge >= 0.3 is 5.97 Å². The Morgan fingerprint density at radius 1 is 1.36 bits per heavy atom. The molecular formula is C11H9Cl2N5O3S. The number of hydrogen-bond donors (Lipinski definition) is 2. The maximum Gasteiger partial charge on any atom is 0.352 e. The third kappa shape index (κ3) is 2.49. The summed E-state index contributed by atoms with van der Waals surface area (Å²) in [6, 6.07) is -0.637. The van der Waals surface area contributed by atoms with Gasteiger partial charge in [0.1, 0.15) is 17.1 Å². The van der Waals surface area contributed by atoms with E-state index in [1.54, 1.807) is 6.92 Å². The highest BCUT2D eigenvalue weighted by atomic mass is 35.5. The van der Waals surface area contributed by atoms with Crippen LogP contribution in [0.1, 0.15) is 6.92 Å². The first-order valence-electron chi connectivity index (χ1n) is 6.10. The summed E-state index contributed by atoms with van der Waals surface area (Å²) in [6.45, 7) is 1.70. The molecule has 0 saturated carbocycles. The average molecular weight is 362 g/mol. The highest BCUT2D eigenvalue weighted by Gasteiger charge is 2.53. The SMILES string of the molecule is CC1=C(C(=O)O)N2C(=O)C(Nc3nc(Cl)nc(Cl)n3)C2SC1. The van der Waals surface area contributed by atoms with Crippen LogP contribution < -0.4 is 5.32 Å². The molecule has 3 rings (SSSR count). The summed E-state index contributed by atoms with van der Waals surface area (Å²) in [7, 11) is 0. The van der Waals surface area contributed by atoms with Gasteiger partial charge < -0.3 is 10.4 Å². The number of fused-ring (bicyclic) bond motifs is 1. The molecule has 0 aromatic carbocycles. The number of carbonyl (C=O) groups is 2. The minimum atomic E-state index is -1.11. The fourth-order valence-electron chi connectivity index (χ4n) is 2.30. The van der Waals surface area contributed by atoms with Gasteiger partial charge in [-0.3, -0.25) is 9.69 Å². The van der Waals surface area contributed by atoms with Crippen molar-refractivity contribution < 1.29 is 14.7 Å². The highest BCUT2D eigenvalue weighted by Crippen LogP contribution is 2.41. The van der Waals surface area contributed by atoms with Crippen molar-refractivity contribution in [3.8, 4) is 0 Å². The predicted octanol–water partition coefficient (Wildman–Crippen LogP) is 1.23.